The van der Waals surface area contributed by atoms with Crippen molar-refractivity contribution in [3.63, 3.8) is 0 Å². The molecule has 2 N–H and O–H groups in total. The predicted octanol–water partition coefficient (Wildman–Crippen LogP) is 3.64. The summed E-state index contributed by atoms with van der Waals surface area (Å²) in [6.45, 7) is 3.93. The van der Waals surface area contributed by atoms with Crippen molar-refractivity contribution in [2.24, 2.45) is 0 Å². The van der Waals surface area contributed by atoms with Crippen LogP contribution >= 0.6 is 15.9 Å². The van der Waals surface area contributed by atoms with E-state index in [4.69, 9.17) is 0 Å². The van der Waals surface area contributed by atoms with Crippen molar-refractivity contribution in [2.75, 3.05) is 17.7 Å². The summed E-state index contributed by atoms with van der Waals surface area (Å²) in [5.74, 6) is 2.31. The molecule has 0 bridgehead atoms. The van der Waals surface area contributed by atoms with Gasteiger partial charge in [-0.3, -0.25) is 0 Å². The maximum absolute atomic E-state index is 4.36. The molecule has 0 radical (unpaired) electrons. The number of benzene rings is 1. The van der Waals surface area contributed by atoms with Crippen LogP contribution in [-0.2, 0) is 0 Å². The molecule has 1 aromatic heterocycles. The molecule has 0 spiro atoms. The van der Waals surface area contributed by atoms with Crippen molar-refractivity contribution < 1.29 is 0 Å². The summed E-state index contributed by atoms with van der Waals surface area (Å²) in [6.07, 6.45) is 0. The third-order valence-electron chi connectivity index (χ3n) is 2.55. The Bertz CT molecular complexity index is 569. The topological polar surface area (TPSA) is 49.8 Å². The quantitative estimate of drug-likeness (QED) is 0.909. The smallest absolute Gasteiger partial charge is 0.136 e. The fourth-order valence-corrected chi connectivity index (χ4v) is 2.01. The van der Waals surface area contributed by atoms with Crippen molar-refractivity contribution in [1.82, 2.24) is 9.97 Å². The number of nitrogens with one attached hydrogen (secondary N) is 2. The van der Waals surface area contributed by atoms with Gasteiger partial charge in [0.1, 0.15) is 17.5 Å². The van der Waals surface area contributed by atoms with Gasteiger partial charge < -0.3 is 10.6 Å². The Balaban J connectivity index is 2.34. The molecule has 94 valence electrons. The zero-order chi connectivity index (χ0) is 13.1. The van der Waals surface area contributed by atoms with Crippen LogP contribution in [0.5, 0.6) is 0 Å². The minimum atomic E-state index is 0.730. The van der Waals surface area contributed by atoms with E-state index in [1.54, 1.807) is 0 Å². The fraction of sp³-hybridized carbons (Fsp3) is 0.231. The lowest BCUT2D eigenvalue weighted by atomic mass is 10.2. The van der Waals surface area contributed by atoms with E-state index in [-0.39, 0.29) is 0 Å². The second-order valence-electron chi connectivity index (χ2n) is 4.00. The van der Waals surface area contributed by atoms with Crippen molar-refractivity contribution in [3.8, 4) is 0 Å². The molecule has 0 saturated carbocycles. The molecule has 0 aliphatic rings. The number of hydrogen-bond donors (Lipinski definition) is 2. The normalized spacial score (nSPS) is 10.2. The molecule has 0 fully saturated rings. The highest BCUT2D eigenvalue weighted by atomic mass is 79.9. The van der Waals surface area contributed by atoms with Crippen molar-refractivity contribution in [1.29, 1.82) is 0 Å². The van der Waals surface area contributed by atoms with Gasteiger partial charge in [0.25, 0.3) is 0 Å². The zero-order valence-corrected chi connectivity index (χ0v) is 12.2. The number of nitrogens with zero attached hydrogens (tertiary/aromatic N) is 2. The van der Waals surface area contributed by atoms with E-state index >= 15 is 0 Å². The molecule has 18 heavy (non-hydrogen) atoms. The average Bonchev–Trinajstić information content (AvgIpc) is 2.34. The van der Waals surface area contributed by atoms with Crippen LogP contribution in [0.2, 0.25) is 0 Å². The van der Waals surface area contributed by atoms with Crippen molar-refractivity contribution in [3.05, 3.63) is 40.1 Å². The fourth-order valence-electron chi connectivity index (χ4n) is 1.64. The number of aromatic nitrogens is 2. The molecule has 2 rings (SSSR count). The summed E-state index contributed by atoms with van der Waals surface area (Å²) < 4.78 is 1.05. The number of rotatable bonds is 3. The SMILES string of the molecule is CNc1cc(Nc2cccc(C)c2Br)nc(C)n1. The molecule has 1 aromatic carbocycles. The predicted molar refractivity (Wildman–Crippen MR) is 78.5 cm³/mol. The third kappa shape index (κ3) is 2.79. The number of hydrogen-bond acceptors (Lipinski definition) is 4. The lowest BCUT2D eigenvalue weighted by Gasteiger charge is -2.11. The lowest BCUT2D eigenvalue weighted by molar-refractivity contribution is 1.05. The maximum Gasteiger partial charge on any atom is 0.136 e. The molecular formula is C13H15BrN4. The average molecular weight is 307 g/mol. The Morgan fingerprint density at radius 3 is 2.56 bits per heavy atom. The van der Waals surface area contributed by atoms with Crippen LogP contribution in [0.25, 0.3) is 0 Å². The van der Waals surface area contributed by atoms with Crippen molar-refractivity contribution in [2.45, 2.75) is 13.8 Å². The van der Waals surface area contributed by atoms with Crippen LogP contribution in [0.3, 0.4) is 0 Å². The van der Waals surface area contributed by atoms with Gasteiger partial charge in [-0.05, 0) is 41.4 Å². The van der Waals surface area contributed by atoms with Gasteiger partial charge in [0.05, 0.1) is 5.69 Å². The minimum absolute atomic E-state index is 0.730. The number of aryl methyl sites for hydroxylation is 2. The van der Waals surface area contributed by atoms with E-state index < -0.39 is 0 Å². The van der Waals surface area contributed by atoms with Crippen LogP contribution < -0.4 is 10.6 Å². The van der Waals surface area contributed by atoms with E-state index in [2.05, 4.69) is 49.5 Å². The molecule has 4 nitrogen and oxygen atoms in total. The van der Waals surface area contributed by atoms with Gasteiger partial charge in [0, 0.05) is 17.6 Å². The maximum atomic E-state index is 4.36. The van der Waals surface area contributed by atoms with Gasteiger partial charge in [0.15, 0.2) is 0 Å². The second-order valence-corrected chi connectivity index (χ2v) is 4.79. The van der Waals surface area contributed by atoms with E-state index in [1.165, 1.54) is 5.56 Å². The summed E-state index contributed by atoms with van der Waals surface area (Å²) in [5, 5.41) is 6.31. The van der Waals surface area contributed by atoms with E-state index in [9.17, 15) is 0 Å². The Kier molecular flexibility index (Phi) is 3.81. The summed E-state index contributed by atoms with van der Waals surface area (Å²) in [5.41, 5.74) is 2.18. The summed E-state index contributed by atoms with van der Waals surface area (Å²) in [7, 11) is 1.84. The second kappa shape index (κ2) is 5.35. The summed E-state index contributed by atoms with van der Waals surface area (Å²) in [4.78, 5) is 8.62. The first-order chi connectivity index (χ1) is 8.60. The van der Waals surface area contributed by atoms with Crippen LogP contribution in [0.15, 0.2) is 28.7 Å². The molecule has 0 aliphatic carbocycles. The highest BCUT2D eigenvalue weighted by molar-refractivity contribution is 9.10. The highest BCUT2D eigenvalue weighted by Gasteiger charge is 2.05. The number of halogens is 1. The standard InChI is InChI=1S/C13H15BrN4/c1-8-5-4-6-10(13(8)14)18-12-7-11(15-3)16-9(2)17-12/h4-7H,1-3H3,(H2,15,16,17,18). The van der Waals surface area contributed by atoms with Crippen LogP contribution in [0.4, 0.5) is 17.3 Å². The van der Waals surface area contributed by atoms with Gasteiger partial charge in [-0.15, -0.1) is 0 Å². The molecule has 5 heteroatoms. The first-order valence-corrected chi connectivity index (χ1v) is 6.45. The molecule has 2 aromatic rings. The summed E-state index contributed by atoms with van der Waals surface area (Å²) >= 11 is 3.57. The van der Waals surface area contributed by atoms with Gasteiger partial charge in [-0.25, -0.2) is 9.97 Å². The van der Waals surface area contributed by atoms with Gasteiger partial charge in [-0.1, -0.05) is 12.1 Å². The van der Waals surface area contributed by atoms with E-state index in [0.29, 0.717) is 0 Å². The molecular weight excluding hydrogens is 292 g/mol. The highest BCUT2D eigenvalue weighted by Crippen LogP contribution is 2.28. The van der Waals surface area contributed by atoms with E-state index in [1.807, 2.05) is 32.2 Å². The van der Waals surface area contributed by atoms with Crippen LogP contribution in [0.1, 0.15) is 11.4 Å². The third-order valence-corrected chi connectivity index (χ3v) is 3.60. The Morgan fingerprint density at radius 2 is 1.83 bits per heavy atom. The van der Waals surface area contributed by atoms with Gasteiger partial charge >= 0.3 is 0 Å². The number of anilines is 3. The molecule has 0 aliphatic heterocycles. The van der Waals surface area contributed by atoms with Gasteiger partial charge in [0.2, 0.25) is 0 Å². The van der Waals surface area contributed by atoms with Crippen molar-refractivity contribution >= 4 is 33.3 Å². The van der Waals surface area contributed by atoms with Gasteiger partial charge in [-0.2, -0.15) is 0 Å². The lowest BCUT2D eigenvalue weighted by Crippen LogP contribution is -2.01. The Hall–Kier alpha value is -1.62. The first-order valence-electron chi connectivity index (χ1n) is 5.65. The Labute approximate surface area is 115 Å². The molecule has 0 unspecified atom stereocenters. The molecule has 0 atom stereocenters. The Morgan fingerprint density at radius 1 is 1.11 bits per heavy atom. The van der Waals surface area contributed by atoms with Crippen LogP contribution in [-0.4, -0.2) is 17.0 Å². The van der Waals surface area contributed by atoms with Crippen LogP contribution in [0, 0.1) is 13.8 Å². The minimum Gasteiger partial charge on any atom is -0.373 e. The largest absolute Gasteiger partial charge is 0.373 e. The first kappa shape index (κ1) is 12.8. The molecule has 0 amide bonds. The molecule has 0 saturated heterocycles. The van der Waals surface area contributed by atoms with E-state index in [0.717, 1.165) is 27.6 Å². The molecule has 1 heterocycles. The zero-order valence-electron chi connectivity index (χ0n) is 10.6. The monoisotopic (exact) mass is 306 g/mol. The summed E-state index contributed by atoms with van der Waals surface area (Å²) in [6, 6.07) is 7.95.